The molecule has 18 heavy (non-hydrogen) atoms. The van der Waals surface area contributed by atoms with Gasteiger partial charge < -0.3 is 20.5 Å². The van der Waals surface area contributed by atoms with E-state index in [1.807, 2.05) is 37.9 Å². The van der Waals surface area contributed by atoms with Crippen LogP contribution in [0, 0.1) is 13.8 Å². The Balaban J connectivity index is 2.93. The standard InChI is InChI=1S/C13H20N2O3/c1-8-5-10(6-9(2)12(8)18-4)15(3)7-11(14)13(16)17/h5-6,11H,7,14H2,1-4H3,(H,16,17). The topological polar surface area (TPSA) is 75.8 Å². The number of benzene rings is 1. The summed E-state index contributed by atoms with van der Waals surface area (Å²) in [5.41, 5.74) is 8.49. The number of methoxy groups -OCH3 is 1. The van der Waals surface area contributed by atoms with E-state index < -0.39 is 12.0 Å². The Labute approximate surface area is 107 Å². The van der Waals surface area contributed by atoms with Crippen LogP contribution in [0.15, 0.2) is 12.1 Å². The largest absolute Gasteiger partial charge is 0.496 e. The molecule has 0 heterocycles. The van der Waals surface area contributed by atoms with Gasteiger partial charge in [-0.1, -0.05) is 0 Å². The number of hydrogen-bond acceptors (Lipinski definition) is 4. The van der Waals surface area contributed by atoms with Crippen LogP contribution >= 0.6 is 0 Å². The number of anilines is 1. The zero-order chi connectivity index (χ0) is 13.9. The second kappa shape index (κ2) is 5.73. The van der Waals surface area contributed by atoms with Gasteiger partial charge in [-0.3, -0.25) is 4.79 Å². The number of hydrogen-bond donors (Lipinski definition) is 2. The molecule has 1 aromatic carbocycles. The highest BCUT2D eigenvalue weighted by atomic mass is 16.5. The molecule has 1 rings (SSSR count). The third kappa shape index (κ3) is 3.13. The molecule has 5 heteroatoms. The summed E-state index contributed by atoms with van der Waals surface area (Å²) in [6, 6.07) is 3.03. The smallest absolute Gasteiger partial charge is 0.322 e. The van der Waals surface area contributed by atoms with Gasteiger partial charge in [0.1, 0.15) is 11.8 Å². The molecule has 0 bridgehead atoms. The van der Waals surface area contributed by atoms with Gasteiger partial charge in [-0.25, -0.2) is 0 Å². The second-order valence-electron chi connectivity index (χ2n) is 4.44. The summed E-state index contributed by atoms with van der Waals surface area (Å²) in [6.07, 6.45) is 0. The lowest BCUT2D eigenvalue weighted by molar-refractivity contribution is -0.138. The number of ether oxygens (including phenoxy) is 1. The summed E-state index contributed by atoms with van der Waals surface area (Å²) in [7, 11) is 3.46. The third-order valence-electron chi connectivity index (χ3n) is 2.88. The number of carbonyl (C=O) groups is 1. The first kappa shape index (κ1) is 14.3. The van der Waals surface area contributed by atoms with E-state index in [9.17, 15) is 4.79 Å². The van der Waals surface area contributed by atoms with Crippen LogP contribution in [0.5, 0.6) is 5.75 Å². The van der Waals surface area contributed by atoms with Crippen LogP contribution in [0.4, 0.5) is 5.69 Å². The quantitative estimate of drug-likeness (QED) is 0.822. The van der Waals surface area contributed by atoms with Crippen LogP contribution in [0.3, 0.4) is 0 Å². The van der Waals surface area contributed by atoms with Crippen molar-refractivity contribution in [3.05, 3.63) is 23.3 Å². The Kier molecular flexibility index (Phi) is 4.55. The van der Waals surface area contributed by atoms with Gasteiger partial charge in [0, 0.05) is 19.3 Å². The van der Waals surface area contributed by atoms with E-state index in [-0.39, 0.29) is 6.54 Å². The summed E-state index contributed by atoms with van der Waals surface area (Å²) in [4.78, 5) is 12.6. The number of aryl methyl sites for hydroxylation is 2. The van der Waals surface area contributed by atoms with E-state index >= 15 is 0 Å². The maximum absolute atomic E-state index is 10.7. The molecule has 0 saturated carbocycles. The number of rotatable bonds is 5. The Bertz CT molecular complexity index is 423. The Morgan fingerprint density at radius 1 is 1.44 bits per heavy atom. The summed E-state index contributed by atoms with van der Waals surface area (Å²) in [5.74, 6) is -0.140. The van der Waals surface area contributed by atoms with Gasteiger partial charge >= 0.3 is 5.97 Å². The molecule has 1 atom stereocenters. The molecule has 1 unspecified atom stereocenters. The van der Waals surface area contributed by atoms with Crippen molar-refractivity contribution in [2.75, 3.05) is 25.6 Å². The molecule has 0 aliphatic rings. The van der Waals surface area contributed by atoms with E-state index in [4.69, 9.17) is 15.6 Å². The number of likely N-dealkylation sites (N-methyl/N-ethyl adjacent to an activating group) is 1. The minimum atomic E-state index is -0.996. The van der Waals surface area contributed by atoms with Crippen molar-refractivity contribution in [3.63, 3.8) is 0 Å². The van der Waals surface area contributed by atoms with Crippen molar-refractivity contribution in [2.45, 2.75) is 19.9 Å². The maximum Gasteiger partial charge on any atom is 0.322 e. The van der Waals surface area contributed by atoms with Gasteiger partial charge in [-0.15, -0.1) is 0 Å². The predicted octanol–water partition coefficient (Wildman–Crippen LogP) is 1.16. The van der Waals surface area contributed by atoms with Gasteiger partial charge in [0.05, 0.1) is 7.11 Å². The zero-order valence-corrected chi connectivity index (χ0v) is 11.2. The van der Waals surface area contributed by atoms with Crippen molar-refractivity contribution in [1.82, 2.24) is 0 Å². The lowest BCUT2D eigenvalue weighted by atomic mass is 10.1. The maximum atomic E-state index is 10.7. The first-order valence-corrected chi connectivity index (χ1v) is 5.71. The highest BCUT2D eigenvalue weighted by Gasteiger charge is 2.15. The van der Waals surface area contributed by atoms with Crippen molar-refractivity contribution >= 4 is 11.7 Å². The minimum absolute atomic E-state index is 0.264. The molecule has 5 nitrogen and oxygen atoms in total. The summed E-state index contributed by atoms with van der Waals surface area (Å²) >= 11 is 0. The summed E-state index contributed by atoms with van der Waals surface area (Å²) in [5, 5.41) is 8.80. The Hall–Kier alpha value is -1.75. The molecule has 0 aliphatic heterocycles. The van der Waals surface area contributed by atoms with Crippen LogP contribution in [0.2, 0.25) is 0 Å². The van der Waals surface area contributed by atoms with Crippen LogP contribution in [0.1, 0.15) is 11.1 Å². The highest BCUT2D eigenvalue weighted by molar-refractivity contribution is 5.74. The molecule has 0 spiro atoms. The number of aliphatic carboxylic acids is 1. The number of nitrogens with two attached hydrogens (primary N) is 1. The van der Waals surface area contributed by atoms with Crippen molar-refractivity contribution in [3.8, 4) is 5.75 Å². The fourth-order valence-electron chi connectivity index (χ4n) is 1.95. The average molecular weight is 252 g/mol. The van der Waals surface area contributed by atoms with Crippen LogP contribution in [-0.2, 0) is 4.79 Å². The number of nitrogens with zero attached hydrogens (tertiary/aromatic N) is 1. The number of carboxylic acid groups (broad SMARTS) is 1. The predicted molar refractivity (Wildman–Crippen MR) is 71.3 cm³/mol. The lowest BCUT2D eigenvalue weighted by Gasteiger charge is -2.23. The van der Waals surface area contributed by atoms with Crippen LogP contribution in [0.25, 0.3) is 0 Å². The molecule has 0 aromatic heterocycles. The average Bonchev–Trinajstić information content (AvgIpc) is 2.28. The SMILES string of the molecule is COc1c(C)cc(N(C)CC(N)C(=O)O)cc1C. The number of carboxylic acids is 1. The fourth-order valence-corrected chi connectivity index (χ4v) is 1.95. The molecule has 0 fully saturated rings. The van der Waals surface area contributed by atoms with Gasteiger partial charge in [0.15, 0.2) is 0 Å². The van der Waals surface area contributed by atoms with E-state index in [2.05, 4.69) is 0 Å². The van der Waals surface area contributed by atoms with Crippen LogP contribution < -0.4 is 15.4 Å². The minimum Gasteiger partial charge on any atom is -0.496 e. The van der Waals surface area contributed by atoms with E-state index in [0.29, 0.717) is 0 Å². The highest BCUT2D eigenvalue weighted by Crippen LogP contribution is 2.28. The van der Waals surface area contributed by atoms with Crippen LogP contribution in [-0.4, -0.2) is 37.8 Å². The normalized spacial score (nSPS) is 12.1. The molecule has 1 aromatic rings. The zero-order valence-electron chi connectivity index (χ0n) is 11.2. The second-order valence-corrected chi connectivity index (χ2v) is 4.44. The van der Waals surface area contributed by atoms with E-state index in [0.717, 1.165) is 22.6 Å². The Morgan fingerprint density at radius 2 is 1.94 bits per heavy atom. The van der Waals surface area contributed by atoms with Crippen molar-refractivity contribution in [2.24, 2.45) is 5.73 Å². The molecule has 0 radical (unpaired) electrons. The van der Waals surface area contributed by atoms with Gasteiger partial charge in [0.2, 0.25) is 0 Å². The monoisotopic (exact) mass is 252 g/mol. The first-order chi connectivity index (χ1) is 8.36. The molecule has 0 saturated heterocycles. The lowest BCUT2D eigenvalue weighted by Crippen LogP contribution is -2.41. The molecular weight excluding hydrogens is 232 g/mol. The molecule has 3 N–H and O–H groups in total. The molecule has 0 aliphatic carbocycles. The van der Waals surface area contributed by atoms with Crippen molar-refractivity contribution < 1.29 is 14.6 Å². The molecular formula is C13H20N2O3. The fraction of sp³-hybridized carbons (Fsp3) is 0.462. The van der Waals surface area contributed by atoms with Crippen molar-refractivity contribution in [1.29, 1.82) is 0 Å². The van der Waals surface area contributed by atoms with Gasteiger partial charge in [-0.2, -0.15) is 0 Å². The van der Waals surface area contributed by atoms with E-state index in [1.54, 1.807) is 7.11 Å². The van der Waals surface area contributed by atoms with Gasteiger partial charge in [-0.05, 0) is 37.1 Å². The first-order valence-electron chi connectivity index (χ1n) is 5.71. The molecule has 100 valence electrons. The third-order valence-corrected chi connectivity index (χ3v) is 2.88. The summed E-state index contributed by atoms with van der Waals surface area (Å²) < 4.78 is 5.29. The molecule has 0 amide bonds. The Morgan fingerprint density at radius 3 is 2.33 bits per heavy atom. The van der Waals surface area contributed by atoms with E-state index in [1.165, 1.54) is 0 Å². The summed E-state index contributed by atoms with van der Waals surface area (Å²) in [6.45, 7) is 4.18. The van der Waals surface area contributed by atoms with Gasteiger partial charge in [0.25, 0.3) is 0 Å².